The van der Waals surface area contributed by atoms with Gasteiger partial charge in [-0.3, -0.25) is 4.90 Å². The normalized spacial score (nSPS) is 22.7. The number of rotatable bonds is 4. The molecule has 1 N–H and O–H groups in total. The number of hydrogen-bond donors (Lipinski definition) is 1. The highest BCUT2D eigenvalue weighted by Gasteiger charge is 2.40. The molecule has 3 heterocycles. The number of fused-ring (bicyclic) bond motifs is 1. The Morgan fingerprint density at radius 2 is 2.19 bits per heavy atom. The number of methoxy groups -OCH3 is 2. The zero-order valence-electron chi connectivity index (χ0n) is 15.2. The minimum absolute atomic E-state index is 0. The summed E-state index contributed by atoms with van der Waals surface area (Å²) < 4.78 is 15.9. The molecular formula is C19H25ClN2O4. The van der Waals surface area contributed by atoms with Gasteiger partial charge in [0.2, 0.25) is 5.76 Å². The lowest BCUT2D eigenvalue weighted by atomic mass is 9.86. The van der Waals surface area contributed by atoms with Crippen LogP contribution in [0.5, 0.6) is 5.75 Å². The fourth-order valence-corrected chi connectivity index (χ4v) is 4.20. The quantitative estimate of drug-likeness (QED) is 0.823. The van der Waals surface area contributed by atoms with Crippen LogP contribution >= 0.6 is 12.4 Å². The molecule has 7 heteroatoms. The van der Waals surface area contributed by atoms with E-state index in [4.69, 9.17) is 13.9 Å². The molecule has 2 aromatic rings. The fraction of sp³-hybridized carbons (Fsp3) is 0.526. The molecule has 1 aromatic heterocycles. The number of likely N-dealkylation sites (tertiary alicyclic amines) is 1. The van der Waals surface area contributed by atoms with E-state index in [-0.39, 0.29) is 18.2 Å². The molecule has 2 fully saturated rings. The van der Waals surface area contributed by atoms with E-state index in [0.717, 1.165) is 43.7 Å². The summed E-state index contributed by atoms with van der Waals surface area (Å²) in [4.78, 5) is 14.3. The van der Waals surface area contributed by atoms with Crippen LogP contribution in [0.25, 0.3) is 11.0 Å². The van der Waals surface area contributed by atoms with Crippen LogP contribution in [-0.4, -0.2) is 51.3 Å². The molecule has 2 aliphatic heterocycles. The predicted molar refractivity (Wildman–Crippen MR) is 101 cm³/mol. The van der Waals surface area contributed by atoms with Crippen molar-refractivity contribution in [1.82, 2.24) is 10.2 Å². The van der Waals surface area contributed by atoms with Gasteiger partial charge in [0.1, 0.15) is 0 Å². The molecule has 1 unspecified atom stereocenters. The fourth-order valence-electron chi connectivity index (χ4n) is 4.20. The molecule has 2 aliphatic rings. The molecular weight excluding hydrogens is 356 g/mol. The summed E-state index contributed by atoms with van der Waals surface area (Å²) in [6, 6.07) is 5.74. The van der Waals surface area contributed by atoms with Gasteiger partial charge in [0, 0.05) is 25.0 Å². The first-order chi connectivity index (χ1) is 12.1. The second kappa shape index (κ2) is 7.47. The van der Waals surface area contributed by atoms with Crippen LogP contribution in [0.3, 0.4) is 0 Å². The average molecular weight is 381 g/mol. The minimum Gasteiger partial charge on any atom is -0.493 e. The lowest BCUT2D eigenvalue weighted by Crippen LogP contribution is -2.28. The van der Waals surface area contributed by atoms with E-state index in [2.05, 4.69) is 16.3 Å². The summed E-state index contributed by atoms with van der Waals surface area (Å²) in [5.41, 5.74) is 2.20. The number of benzene rings is 1. The molecule has 2 saturated heterocycles. The predicted octanol–water partition coefficient (Wildman–Crippen LogP) is 2.84. The van der Waals surface area contributed by atoms with Crippen molar-refractivity contribution in [3.63, 3.8) is 0 Å². The average Bonchev–Trinajstić information content (AvgIpc) is 3.35. The van der Waals surface area contributed by atoms with Crippen LogP contribution in [0, 0.1) is 5.41 Å². The first-order valence-corrected chi connectivity index (χ1v) is 8.75. The lowest BCUT2D eigenvalue weighted by Gasteiger charge is -2.23. The Labute approximate surface area is 159 Å². The zero-order chi connectivity index (χ0) is 17.4. The number of hydrogen-bond acceptors (Lipinski definition) is 6. The minimum atomic E-state index is -0.471. The highest BCUT2D eigenvalue weighted by atomic mass is 35.5. The van der Waals surface area contributed by atoms with E-state index >= 15 is 0 Å². The van der Waals surface area contributed by atoms with Crippen LogP contribution < -0.4 is 10.1 Å². The van der Waals surface area contributed by atoms with E-state index in [9.17, 15) is 4.79 Å². The van der Waals surface area contributed by atoms with E-state index < -0.39 is 5.97 Å². The van der Waals surface area contributed by atoms with Crippen molar-refractivity contribution >= 4 is 29.3 Å². The van der Waals surface area contributed by atoms with Crippen molar-refractivity contribution in [3.05, 3.63) is 29.5 Å². The summed E-state index contributed by atoms with van der Waals surface area (Å²) in [7, 11) is 2.96. The molecule has 1 aromatic carbocycles. The zero-order valence-corrected chi connectivity index (χ0v) is 16.0. The molecule has 0 amide bonds. The van der Waals surface area contributed by atoms with Crippen molar-refractivity contribution in [1.29, 1.82) is 0 Å². The number of ether oxygens (including phenoxy) is 2. The van der Waals surface area contributed by atoms with Crippen molar-refractivity contribution in [3.8, 4) is 5.75 Å². The Morgan fingerprint density at radius 3 is 2.88 bits per heavy atom. The number of carbonyl (C=O) groups is 1. The van der Waals surface area contributed by atoms with Gasteiger partial charge in [0.05, 0.1) is 14.2 Å². The standard InChI is InChI=1S/C19H24N2O4.ClH/c1-23-15-4-3-13(14-9-16(18(22)24-2)25-17(14)15)10-21-8-6-19(12-21)5-7-20-11-19;/h3-4,9,20H,5-8,10-12H2,1-2H3;1H. The summed E-state index contributed by atoms with van der Waals surface area (Å²) in [5.74, 6) is 0.370. The molecule has 1 spiro atoms. The SMILES string of the molecule is COC(=O)c1cc2c(CN3CCC4(CCNC4)C3)ccc(OC)c2o1.Cl. The van der Waals surface area contributed by atoms with E-state index in [0.29, 0.717) is 16.7 Å². The van der Waals surface area contributed by atoms with Gasteiger partial charge in [-0.05, 0) is 49.0 Å². The first-order valence-electron chi connectivity index (χ1n) is 8.75. The Balaban J connectivity index is 0.00000196. The summed E-state index contributed by atoms with van der Waals surface area (Å²) >= 11 is 0. The van der Waals surface area contributed by atoms with Crippen molar-refractivity contribution < 1.29 is 18.7 Å². The van der Waals surface area contributed by atoms with E-state index in [1.807, 2.05) is 6.07 Å². The molecule has 0 saturated carbocycles. The first kappa shape index (κ1) is 19.0. The second-order valence-electron chi connectivity index (χ2n) is 7.16. The van der Waals surface area contributed by atoms with Gasteiger partial charge in [0.25, 0.3) is 0 Å². The lowest BCUT2D eigenvalue weighted by molar-refractivity contribution is 0.0567. The maximum Gasteiger partial charge on any atom is 0.373 e. The van der Waals surface area contributed by atoms with Crippen LogP contribution in [0.15, 0.2) is 22.6 Å². The highest BCUT2D eigenvalue weighted by molar-refractivity contribution is 5.95. The maximum absolute atomic E-state index is 11.8. The van der Waals surface area contributed by atoms with Crippen molar-refractivity contribution in [2.75, 3.05) is 40.4 Å². The molecule has 4 rings (SSSR count). The van der Waals surface area contributed by atoms with Gasteiger partial charge in [-0.2, -0.15) is 0 Å². The molecule has 142 valence electrons. The van der Waals surface area contributed by atoms with E-state index in [1.165, 1.54) is 20.0 Å². The molecule has 0 radical (unpaired) electrons. The summed E-state index contributed by atoms with van der Waals surface area (Å²) in [6.45, 7) is 5.33. The van der Waals surface area contributed by atoms with Crippen LogP contribution in [-0.2, 0) is 11.3 Å². The van der Waals surface area contributed by atoms with Gasteiger partial charge < -0.3 is 19.2 Å². The number of furan rings is 1. The van der Waals surface area contributed by atoms with Crippen LogP contribution in [0.4, 0.5) is 0 Å². The third-order valence-electron chi connectivity index (χ3n) is 5.59. The number of halogens is 1. The third-order valence-corrected chi connectivity index (χ3v) is 5.59. The Bertz CT molecular complexity index is 798. The van der Waals surface area contributed by atoms with Crippen LogP contribution in [0.1, 0.15) is 29.0 Å². The van der Waals surface area contributed by atoms with Gasteiger partial charge in [-0.1, -0.05) is 6.07 Å². The number of nitrogens with zero attached hydrogens (tertiary/aromatic N) is 1. The monoisotopic (exact) mass is 380 g/mol. The van der Waals surface area contributed by atoms with Gasteiger partial charge in [0.15, 0.2) is 11.3 Å². The number of carbonyl (C=O) groups excluding carboxylic acids is 1. The maximum atomic E-state index is 11.8. The topological polar surface area (TPSA) is 63.9 Å². The molecule has 26 heavy (non-hydrogen) atoms. The number of esters is 1. The summed E-state index contributed by atoms with van der Waals surface area (Å²) in [6.07, 6.45) is 2.51. The van der Waals surface area contributed by atoms with Gasteiger partial charge in [-0.15, -0.1) is 12.4 Å². The molecule has 6 nitrogen and oxygen atoms in total. The van der Waals surface area contributed by atoms with Crippen molar-refractivity contribution in [2.24, 2.45) is 5.41 Å². The van der Waals surface area contributed by atoms with E-state index in [1.54, 1.807) is 13.2 Å². The Kier molecular flexibility index (Phi) is 5.46. The highest BCUT2D eigenvalue weighted by Crippen LogP contribution is 2.38. The van der Waals surface area contributed by atoms with Crippen molar-refractivity contribution in [2.45, 2.75) is 19.4 Å². The van der Waals surface area contributed by atoms with Gasteiger partial charge in [-0.25, -0.2) is 4.79 Å². The Morgan fingerprint density at radius 1 is 1.35 bits per heavy atom. The largest absolute Gasteiger partial charge is 0.493 e. The second-order valence-corrected chi connectivity index (χ2v) is 7.16. The van der Waals surface area contributed by atoms with Gasteiger partial charge >= 0.3 is 5.97 Å². The third kappa shape index (κ3) is 3.29. The summed E-state index contributed by atoms with van der Waals surface area (Å²) in [5, 5.41) is 4.42. The van der Waals surface area contributed by atoms with Crippen LogP contribution in [0.2, 0.25) is 0 Å². The molecule has 0 bridgehead atoms. The molecule has 0 aliphatic carbocycles. The molecule has 1 atom stereocenters. The number of nitrogens with one attached hydrogen (secondary N) is 1. The smallest absolute Gasteiger partial charge is 0.373 e. The Hall–Kier alpha value is -1.76.